The van der Waals surface area contributed by atoms with Crippen LogP contribution in [0.4, 0.5) is 9.18 Å². The first-order valence-electron chi connectivity index (χ1n) is 7.05. The number of urea groups is 1. The number of methoxy groups -OCH3 is 1. The van der Waals surface area contributed by atoms with Gasteiger partial charge in [-0.05, 0) is 37.3 Å². The van der Waals surface area contributed by atoms with Crippen LogP contribution < -0.4 is 14.8 Å². The molecule has 0 aliphatic heterocycles. The Hall–Kier alpha value is -2.61. The van der Waals surface area contributed by atoms with E-state index in [0.717, 1.165) is 0 Å². The van der Waals surface area contributed by atoms with Crippen LogP contribution in [-0.2, 0) is 10.0 Å². The molecule has 0 heterocycles. The minimum atomic E-state index is -3.98. The molecule has 0 aliphatic carbocycles. The summed E-state index contributed by atoms with van der Waals surface area (Å²) in [5.74, 6) is -0.105. The predicted molar refractivity (Wildman–Crippen MR) is 86.7 cm³/mol. The van der Waals surface area contributed by atoms with E-state index in [1.807, 2.05) is 4.72 Å². The largest absolute Gasteiger partial charge is 0.496 e. The molecule has 0 saturated carbocycles. The maximum absolute atomic E-state index is 13.4. The summed E-state index contributed by atoms with van der Waals surface area (Å²) in [6, 6.07) is 9.80. The van der Waals surface area contributed by atoms with E-state index in [0.29, 0.717) is 11.3 Å². The van der Waals surface area contributed by atoms with Gasteiger partial charge in [0.25, 0.3) is 10.0 Å². The Morgan fingerprint density at radius 1 is 1.17 bits per heavy atom. The van der Waals surface area contributed by atoms with Gasteiger partial charge in [0.05, 0.1) is 18.0 Å². The molecule has 0 bridgehead atoms. The second kappa shape index (κ2) is 7.31. The Morgan fingerprint density at radius 3 is 2.46 bits per heavy atom. The number of carbonyl (C=O) groups is 1. The lowest BCUT2D eigenvalue weighted by atomic mass is 10.1. The van der Waals surface area contributed by atoms with Gasteiger partial charge in [0, 0.05) is 5.56 Å². The molecule has 6 nitrogen and oxygen atoms in total. The maximum Gasteiger partial charge on any atom is 0.329 e. The van der Waals surface area contributed by atoms with E-state index in [-0.39, 0.29) is 4.90 Å². The highest BCUT2D eigenvalue weighted by Gasteiger charge is 2.20. The Labute approximate surface area is 139 Å². The van der Waals surface area contributed by atoms with Crippen molar-refractivity contribution in [2.45, 2.75) is 17.9 Å². The zero-order chi connectivity index (χ0) is 17.7. The lowest BCUT2D eigenvalue weighted by Crippen LogP contribution is -2.40. The van der Waals surface area contributed by atoms with Gasteiger partial charge in [0.1, 0.15) is 11.6 Å². The zero-order valence-electron chi connectivity index (χ0n) is 13.1. The van der Waals surface area contributed by atoms with E-state index < -0.39 is 27.9 Å². The first-order valence-corrected chi connectivity index (χ1v) is 8.53. The molecule has 0 aliphatic rings. The van der Waals surface area contributed by atoms with Crippen LogP contribution in [0.5, 0.6) is 5.75 Å². The average Bonchev–Trinajstić information content (AvgIpc) is 2.55. The molecule has 0 fully saturated rings. The van der Waals surface area contributed by atoms with E-state index >= 15 is 0 Å². The van der Waals surface area contributed by atoms with Crippen LogP contribution in [0.15, 0.2) is 53.4 Å². The van der Waals surface area contributed by atoms with E-state index in [4.69, 9.17) is 4.74 Å². The second-order valence-corrected chi connectivity index (χ2v) is 6.68. The fourth-order valence-corrected chi connectivity index (χ4v) is 3.06. The van der Waals surface area contributed by atoms with Crippen LogP contribution in [0.2, 0.25) is 0 Å². The molecule has 2 aromatic rings. The topological polar surface area (TPSA) is 84.5 Å². The van der Waals surface area contributed by atoms with Crippen LogP contribution in [-0.4, -0.2) is 21.6 Å². The molecule has 8 heteroatoms. The predicted octanol–water partition coefficient (Wildman–Crippen LogP) is 2.58. The van der Waals surface area contributed by atoms with Crippen molar-refractivity contribution in [2.75, 3.05) is 7.11 Å². The number of benzene rings is 2. The summed E-state index contributed by atoms with van der Waals surface area (Å²) in [5, 5.41) is 2.45. The van der Waals surface area contributed by atoms with Gasteiger partial charge >= 0.3 is 6.03 Å². The molecule has 128 valence electrons. The average molecular weight is 352 g/mol. The number of halogens is 1. The van der Waals surface area contributed by atoms with Gasteiger partial charge in [-0.25, -0.2) is 22.3 Å². The Kier molecular flexibility index (Phi) is 5.40. The molecule has 2 N–H and O–H groups in total. The molecule has 2 aromatic carbocycles. The quantitative estimate of drug-likeness (QED) is 0.866. The summed E-state index contributed by atoms with van der Waals surface area (Å²) >= 11 is 0. The normalized spacial score (nSPS) is 12.3. The Balaban J connectivity index is 2.11. The van der Waals surface area contributed by atoms with Crippen molar-refractivity contribution in [1.29, 1.82) is 0 Å². The van der Waals surface area contributed by atoms with Crippen molar-refractivity contribution in [3.8, 4) is 5.75 Å². The van der Waals surface area contributed by atoms with Gasteiger partial charge in [-0.1, -0.05) is 18.2 Å². The first kappa shape index (κ1) is 17.7. The third kappa shape index (κ3) is 4.23. The van der Waals surface area contributed by atoms with Crippen molar-refractivity contribution in [2.24, 2.45) is 0 Å². The minimum Gasteiger partial charge on any atom is -0.496 e. The zero-order valence-corrected chi connectivity index (χ0v) is 13.9. The minimum absolute atomic E-state index is 0.0314. The number of amides is 2. The van der Waals surface area contributed by atoms with Gasteiger partial charge < -0.3 is 10.1 Å². The van der Waals surface area contributed by atoms with E-state index in [1.165, 1.54) is 37.4 Å². The molecule has 0 radical (unpaired) electrons. The van der Waals surface area contributed by atoms with E-state index in [1.54, 1.807) is 25.1 Å². The number of nitrogens with one attached hydrogen (secondary N) is 2. The van der Waals surface area contributed by atoms with Gasteiger partial charge in [-0.2, -0.15) is 0 Å². The lowest BCUT2D eigenvalue weighted by molar-refractivity contribution is 0.242. The van der Waals surface area contributed by atoms with E-state index in [9.17, 15) is 17.6 Å². The molecule has 2 rings (SSSR count). The number of hydrogen-bond acceptors (Lipinski definition) is 4. The fraction of sp³-hybridized carbons (Fsp3) is 0.188. The monoisotopic (exact) mass is 352 g/mol. The summed E-state index contributed by atoms with van der Waals surface area (Å²) < 4.78 is 44.6. The molecule has 0 saturated heterocycles. The molecule has 1 atom stereocenters. The van der Waals surface area contributed by atoms with Gasteiger partial charge in [-0.3, -0.25) is 0 Å². The van der Waals surface area contributed by atoms with Crippen LogP contribution in [0, 0.1) is 5.82 Å². The summed E-state index contributed by atoms with van der Waals surface area (Å²) in [4.78, 5) is 11.9. The van der Waals surface area contributed by atoms with Crippen LogP contribution in [0.25, 0.3) is 0 Å². The molecule has 0 spiro atoms. The number of rotatable bonds is 5. The first-order chi connectivity index (χ1) is 11.3. The standard InChI is InChI=1S/C16H17FN2O4S/c1-11(14-10-12(17)8-9-15(14)23-2)18-16(20)19-24(21,22)13-6-4-3-5-7-13/h3-11H,1-2H3,(H2,18,19,20). The van der Waals surface area contributed by atoms with Crippen LogP contribution >= 0.6 is 0 Å². The van der Waals surface area contributed by atoms with Crippen molar-refractivity contribution in [3.63, 3.8) is 0 Å². The molecular weight excluding hydrogens is 335 g/mol. The van der Waals surface area contributed by atoms with Gasteiger partial charge in [-0.15, -0.1) is 0 Å². The summed E-state index contributed by atoms with van der Waals surface area (Å²) in [5.41, 5.74) is 0.393. The number of hydrogen-bond donors (Lipinski definition) is 2. The molecule has 0 aromatic heterocycles. The lowest BCUT2D eigenvalue weighted by Gasteiger charge is -2.18. The number of sulfonamides is 1. The van der Waals surface area contributed by atoms with Crippen molar-refractivity contribution in [1.82, 2.24) is 10.0 Å². The fourth-order valence-electron chi connectivity index (χ4n) is 2.13. The highest BCUT2D eigenvalue weighted by Crippen LogP contribution is 2.25. The summed E-state index contributed by atoms with van der Waals surface area (Å²) in [6.07, 6.45) is 0. The number of carbonyl (C=O) groups excluding carboxylic acids is 1. The highest BCUT2D eigenvalue weighted by atomic mass is 32.2. The third-order valence-corrected chi connectivity index (χ3v) is 4.63. The molecule has 2 amide bonds. The van der Waals surface area contributed by atoms with Crippen LogP contribution in [0.1, 0.15) is 18.5 Å². The van der Waals surface area contributed by atoms with Crippen molar-refractivity contribution in [3.05, 3.63) is 59.9 Å². The highest BCUT2D eigenvalue weighted by molar-refractivity contribution is 7.90. The maximum atomic E-state index is 13.4. The molecule has 24 heavy (non-hydrogen) atoms. The summed E-state index contributed by atoms with van der Waals surface area (Å²) in [6.45, 7) is 1.59. The summed E-state index contributed by atoms with van der Waals surface area (Å²) in [7, 11) is -2.56. The number of ether oxygens (including phenoxy) is 1. The Bertz CT molecular complexity index is 825. The molecular formula is C16H17FN2O4S. The van der Waals surface area contributed by atoms with Crippen LogP contribution in [0.3, 0.4) is 0 Å². The van der Waals surface area contributed by atoms with Crippen molar-refractivity contribution < 1.29 is 22.3 Å². The van der Waals surface area contributed by atoms with Crippen molar-refractivity contribution >= 4 is 16.1 Å². The third-order valence-electron chi connectivity index (χ3n) is 3.29. The van der Waals surface area contributed by atoms with Gasteiger partial charge in [0.15, 0.2) is 0 Å². The Morgan fingerprint density at radius 2 is 1.83 bits per heavy atom. The molecule has 1 unspecified atom stereocenters. The van der Waals surface area contributed by atoms with E-state index in [2.05, 4.69) is 5.32 Å². The smallest absolute Gasteiger partial charge is 0.329 e. The van der Waals surface area contributed by atoms with Gasteiger partial charge in [0.2, 0.25) is 0 Å². The SMILES string of the molecule is COc1ccc(F)cc1C(C)NC(=O)NS(=O)(=O)c1ccccc1. The second-order valence-electron chi connectivity index (χ2n) is 5.00.